The van der Waals surface area contributed by atoms with E-state index in [1.54, 1.807) is 0 Å². The van der Waals surface area contributed by atoms with Gasteiger partial charge >= 0.3 is 0 Å². The minimum atomic E-state index is -2.30. The molecule has 4 aromatic rings. The molecule has 0 amide bonds. The van der Waals surface area contributed by atoms with Crippen molar-refractivity contribution in [3.8, 4) is 0 Å². The van der Waals surface area contributed by atoms with Crippen LogP contribution in [0.2, 0.25) is 18.1 Å². The molecule has 6 heteroatoms. The summed E-state index contributed by atoms with van der Waals surface area (Å²) in [4.78, 5) is 0. The zero-order valence-corrected chi connectivity index (χ0v) is 28.8. The van der Waals surface area contributed by atoms with Crippen LogP contribution in [0, 0.1) is 0 Å². The number of hydrogen-bond acceptors (Lipinski definition) is 5. The molecule has 0 saturated carbocycles. The van der Waals surface area contributed by atoms with E-state index < -0.39 is 32.7 Å². The minimum Gasteiger partial charge on any atom is -0.487 e. The lowest BCUT2D eigenvalue weighted by Gasteiger charge is -2.48. The molecule has 46 heavy (non-hydrogen) atoms. The Kier molecular flexibility index (Phi) is 11.7. The van der Waals surface area contributed by atoms with Gasteiger partial charge in [-0.3, -0.25) is 0 Å². The Balaban J connectivity index is 1.53. The highest BCUT2D eigenvalue weighted by Gasteiger charge is 2.50. The summed E-state index contributed by atoms with van der Waals surface area (Å²) in [6.45, 7) is 13.0. The standard InChI is InChI=1S/C40H48O5Si/c1-40(2,3)46(4,5)45-38-35(26-31-18-10-6-11-19-31)44-36(30-41-27-32-20-12-7-13-21-32)37(42-28-33-22-14-8-15-23-33)39(38)43-29-34-24-16-9-17-25-34/h6-26,36-39H,27-30H2,1-5H3/t36-,37-,38+,39+/m1/s1. The summed E-state index contributed by atoms with van der Waals surface area (Å²) < 4.78 is 34.2. The van der Waals surface area contributed by atoms with Gasteiger partial charge in [-0.25, -0.2) is 0 Å². The molecule has 5 rings (SSSR count). The fourth-order valence-corrected chi connectivity index (χ4v) is 6.46. The Morgan fingerprint density at radius 1 is 0.630 bits per heavy atom. The van der Waals surface area contributed by atoms with E-state index in [-0.39, 0.29) is 5.04 Å². The summed E-state index contributed by atoms with van der Waals surface area (Å²) in [7, 11) is -2.30. The number of hydrogen-bond donors (Lipinski definition) is 0. The second-order valence-electron chi connectivity index (χ2n) is 13.4. The number of rotatable bonds is 13. The second kappa shape index (κ2) is 15.9. The van der Waals surface area contributed by atoms with Crippen LogP contribution >= 0.6 is 0 Å². The topological polar surface area (TPSA) is 46.2 Å². The lowest BCUT2D eigenvalue weighted by atomic mass is 9.96. The first-order valence-electron chi connectivity index (χ1n) is 16.2. The maximum atomic E-state index is 7.23. The Morgan fingerprint density at radius 3 is 1.59 bits per heavy atom. The molecule has 0 spiro atoms. The van der Waals surface area contributed by atoms with Crippen LogP contribution in [0.3, 0.4) is 0 Å². The quantitative estimate of drug-likeness (QED) is 0.137. The smallest absolute Gasteiger partial charge is 0.193 e. The molecule has 5 nitrogen and oxygen atoms in total. The van der Waals surface area contributed by atoms with E-state index in [0.29, 0.717) is 26.4 Å². The first-order valence-corrected chi connectivity index (χ1v) is 19.1. The Morgan fingerprint density at radius 2 is 1.09 bits per heavy atom. The highest BCUT2D eigenvalue weighted by Crippen LogP contribution is 2.42. The van der Waals surface area contributed by atoms with Crippen LogP contribution in [0.4, 0.5) is 0 Å². The lowest BCUT2D eigenvalue weighted by molar-refractivity contribution is -0.208. The van der Waals surface area contributed by atoms with Crippen LogP contribution in [-0.2, 0) is 43.2 Å². The van der Waals surface area contributed by atoms with Crippen molar-refractivity contribution in [1.29, 1.82) is 0 Å². The summed E-state index contributed by atoms with van der Waals surface area (Å²) in [6, 6.07) is 41.0. The van der Waals surface area contributed by atoms with Crippen molar-refractivity contribution in [1.82, 2.24) is 0 Å². The van der Waals surface area contributed by atoms with Gasteiger partial charge in [0.2, 0.25) is 0 Å². The largest absolute Gasteiger partial charge is 0.487 e. The van der Waals surface area contributed by atoms with E-state index >= 15 is 0 Å². The average molecular weight is 637 g/mol. The molecule has 1 fully saturated rings. The highest BCUT2D eigenvalue weighted by atomic mass is 28.4. The van der Waals surface area contributed by atoms with Crippen molar-refractivity contribution >= 4 is 14.4 Å². The molecule has 1 aliphatic rings. The van der Waals surface area contributed by atoms with Gasteiger partial charge in [-0.1, -0.05) is 142 Å². The third-order valence-corrected chi connectivity index (χ3v) is 13.3. The van der Waals surface area contributed by atoms with Crippen molar-refractivity contribution in [2.45, 2.75) is 83.1 Å². The fourth-order valence-electron chi connectivity index (χ4n) is 5.22. The molecule has 1 heterocycles. The van der Waals surface area contributed by atoms with Gasteiger partial charge in [-0.15, -0.1) is 0 Å². The van der Waals surface area contributed by atoms with Crippen molar-refractivity contribution in [2.75, 3.05) is 6.61 Å². The van der Waals surface area contributed by atoms with Crippen molar-refractivity contribution in [2.24, 2.45) is 0 Å². The van der Waals surface area contributed by atoms with Crippen LogP contribution in [0.5, 0.6) is 0 Å². The first-order chi connectivity index (χ1) is 22.2. The fraction of sp³-hybridized carbons (Fsp3) is 0.350. The van der Waals surface area contributed by atoms with E-state index in [1.807, 2.05) is 72.8 Å². The molecule has 0 bridgehead atoms. The molecule has 1 saturated heterocycles. The number of ether oxygens (including phenoxy) is 4. The molecule has 0 N–H and O–H groups in total. The highest BCUT2D eigenvalue weighted by molar-refractivity contribution is 6.74. The maximum Gasteiger partial charge on any atom is 0.193 e. The SMILES string of the molecule is CC(C)(C)[Si](C)(C)O[C@H]1C(=Cc2ccccc2)O[C@H](COCc2ccccc2)[C@@H](OCc2ccccc2)[C@@H]1OCc1ccccc1. The van der Waals surface area contributed by atoms with Gasteiger partial charge in [0.1, 0.15) is 24.1 Å². The van der Waals surface area contributed by atoms with E-state index in [2.05, 4.69) is 88.5 Å². The van der Waals surface area contributed by atoms with Crippen LogP contribution in [-0.4, -0.2) is 39.3 Å². The summed E-state index contributed by atoms with van der Waals surface area (Å²) in [6.07, 6.45) is 0.279. The van der Waals surface area contributed by atoms with Crippen molar-refractivity contribution < 1.29 is 23.4 Å². The first kappa shape index (κ1) is 33.8. The molecule has 4 atom stereocenters. The van der Waals surface area contributed by atoms with Gasteiger partial charge in [-0.2, -0.15) is 0 Å². The van der Waals surface area contributed by atoms with Crippen LogP contribution in [0.25, 0.3) is 6.08 Å². The predicted molar refractivity (Wildman–Crippen MR) is 187 cm³/mol. The Bertz CT molecular complexity index is 1490. The van der Waals surface area contributed by atoms with Crippen LogP contribution in [0.15, 0.2) is 127 Å². The molecule has 0 radical (unpaired) electrons. The zero-order valence-electron chi connectivity index (χ0n) is 27.8. The van der Waals surface area contributed by atoms with E-state index in [4.69, 9.17) is 23.4 Å². The van der Waals surface area contributed by atoms with Gasteiger partial charge in [-0.05, 0) is 46.5 Å². The summed E-state index contributed by atoms with van der Waals surface area (Å²) in [5.41, 5.74) is 4.32. The van der Waals surface area contributed by atoms with Gasteiger partial charge in [0.15, 0.2) is 14.4 Å². The molecule has 1 aliphatic heterocycles. The van der Waals surface area contributed by atoms with E-state index in [9.17, 15) is 0 Å². The Hall–Kier alpha value is -3.52. The predicted octanol–water partition coefficient (Wildman–Crippen LogP) is 9.20. The van der Waals surface area contributed by atoms with Gasteiger partial charge in [0.05, 0.1) is 26.4 Å². The average Bonchev–Trinajstić information content (AvgIpc) is 3.06. The molecule has 4 aromatic carbocycles. The zero-order chi connectivity index (χ0) is 32.4. The van der Waals surface area contributed by atoms with Gasteiger partial charge < -0.3 is 23.4 Å². The minimum absolute atomic E-state index is 0.0229. The van der Waals surface area contributed by atoms with E-state index in [1.165, 1.54) is 0 Å². The Labute approximate surface area is 276 Å². The molecule has 0 unspecified atom stereocenters. The summed E-state index contributed by atoms with van der Waals surface area (Å²) >= 11 is 0. The molecule has 0 aromatic heterocycles. The van der Waals surface area contributed by atoms with Crippen LogP contribution in [0.1, 0.15) is 43.0 Å². The van der Waals surface area contributed by atoms with Gasteiger partial charge in [0, 0.05) is 0 Å². The molecule has 0 aliphatic carbocycles. The van der Waals surface area contributed by atoms with Gasteiger partial charge in [0.25, 0.3) is 0 Å². The maximum absolute atomic E-state index is 7.23. The third kappa shape index (κ3) is 9.27. The lowest BCUT2D eigenvalue weighted by Crippen LogP contribution is -2.59. The normalized spacial score (nSPS) is 21.2. The van der Waals surface area contributed by atoms with E-state index in [0.717, 1.165) is 28.0 Å². The van der Waals surface area contributed by atoms with Crippen molar-refractivity contribution in [3.63, 3.8) is 0 Å². The van der Waals surface area contributed by atoms with Crippen LogP contribution < -0.4 is 0 Å². The summed E-state index contributed by atoms with van der Waals surface area (Å²) in [5, 5.41) is -0.0229. The third-order valence-electron chi connectivity index (χ3n) is 8.86. The molecular formula is C40H48O5Si. The summed E-state index contributed by atoms with van der Waals surface area (Å²) in [5.74, 6) is 0.738. The molecular weight excluding hydrogens is 589 g/mol. The number of benzene rings is 4. The monoisotopic (exact) mass is 636 g/mol. The van der Waals surface area contributed by atoms with Crippen molar-refractivity contribution in [3.05, 3.63) is 149 Å². The second-order valence-corrected chi connectivity index (χ2v) is 18.2. The molecule has 242 valence electrons.